The van der Waals surface area contributed by atoms with E-state index in [2.05, 4.69) is 4.99 Å². The molecule has 0 N–H and O–H groups in total. The minimum absolute atomic E-state index is 0.0627. The lowest BCUT2D eigenvalue weighted by Gasteiger charge is -2.11. The second-order valence-corrected chi connectivity index (χ2v) is 6.43. The number of thioether (sulfide) groups is 1. The Morgan fingerprint density at radius 2 is 2.17 bits per heavy atom. The molecule has 6 heteroatoms. The van der Waals surface area contributed by atoms with Crippen molar-refractivity contribution in [1.82, 2.24) is 4.90 Å². The van der Waals surface area contributed by atoms with Crippen molar-refractivity contribution in [3.05, 3.63) is 57.8 Å². The number of amides is 1. The number of amidine groups is 1. The fourth-order valence-electron chi connectivity index (χ4n) is 2.19. The highest BCUT2D eigenvalue weighted by molar-refractivity contribution is 8.18. The number of aliphatic imine (C=N–C) groups is 1. The number of likely N-dealkylation sites (N-methyl/N-ethyl adjacent to an activating group) is 1. The van der Waals surface area contributed by atoms with Gasteiger partial charge in [0.05, 0.1) is 10.6 Å². The average molecular weight is 347 g/mol. The van der Waals surface area contributed by atoms with Crippen LogP contribution in [0.5, 0.6) is 0 Å². The molecule has 0 radical (unpaired) electrons. The lowest BCUT2D eigenvalue weighted by Crippen LogP contribution is -2.28. The van der Waals surface area contributed by atoms with E-state index in [-0.39, 0.29) is 5.91 Å². The van der Waals surface area contributed by atoms with Gasteiger partial charge in [-0.3, -0.25) is 9.69 Å². The van der Waals surface area contributed by atoms with Crippen molar-refractivity contribution in [2.45, 2.75) is 13.8 Å². The van der Waals surface area contributed by atoms with E-state index in [4.69, 9.17) is 16.0 Å². The molecule has 1 fully saturated rings. The largest absolute Gasteiger partial charge is 0.462 e. The van der Waals surface area contributed by atoms with Crippen LogP contribution in [0.3, 0.4) is 0 Å². The van der Waals surface area contributed by atoms with Gasteiger partial charge in [0, 0.05) is 17.6 Å². The normalized spacial score (nSPS) is 18.4. The van der Waals surface area contributed by atoms with E-state index in [1.807, 2.05) is 38.1 Å². The van der Waals surface area contributed by atoms with Crippen molar-refractivity contribution >= 4 is 46.2 Å². The standard InChI is InChI=1S/C17H15ClN2O2S/c1-3-20-16(21)15(10-14-8-7-11(2)22-14)23-17(20)19-13-6-4-5-12(18)9-13/h4-10H,3H2,1-2H3/b15-10+,19-17?. The van der Waals surface area contributed by atoms with Crippen LogP contribution in [-0.4, -0.2) is 22.5 Å². The van der Waals surface area contributed by atoms with E-state index < -0.39 is 0 Å². The third kappa shape index (κ3) is 3.51. The molecule has 0 aliphatic carbocycles. The fraction of sp³-hybridized carbons (Fsp3) is 0.176. The number of furan rings is 1. The Labute approximate surface area is 143 Å². The van der Waals surface area contributed by atoms with E-state index >= 15 is 0 Å². The molecule has 0 saturated carbocycles. The molecular weight excluding hydrogens is 332 g/mol. The van der Waals surface area contributed by atoms with Crippen molar-refractivity contribution in [2.24, 2.45) is 4.99 Å². The van der Waals surface area contributed by atoms with Crippen LogP contribution >= 0.6 is 23.4 Å². The summed E-state index contributed by atoms with van der Waals surface area (Å²) >= 11 is 7.33. The summed E-state index contributed by atoms with van der Waals surface area (Å²) < 4.78 is 5.51. The zero-order valence-electron chi connectivity index (χ0n) is 12.7. The number of carbonyl (C=O) groups excluding carboxylic acids is 1. The number of hydrogen-bond acceptors (Lipinski definition) is 4. The molecule has 1 amide bonds. The van der Waals surface area contributed by atoms with Gasteiger partial charge in [-0.2, -0.15) is 0 Å². The van der Waals surface area contributed by atoms with Crippen LogP contribution in [0.15, 0.2) is 50.7 Å². The quantitative estimate of drug-likeness (QED) is 0.745. The van der Waals surface area contributed by atoms with Crippen molar-refractivity contribution in [3.8, 4) is 0 Å². The molecule has 23 heavy (non-hydrogen) atoms. The van der Waals surface area contributed by atoms with Crippen LogP contribution in [0.25, 0.3) is 6.08 Å². The molecule has 1 aliphatic rings. The Hall–Kier alpha value is -1.98. The summed E-state index contributed by atoms with van der Waals surface area (Å²) in [5.41, 5.74) is 0.723. The van der Waals surface area contributed by atoms with E-state index in [0.29, 0.717) is 27.4 Å². The Morgan fingerprint density at radius 1 is 1.35 bits per heavy atom. The summed E-state index contributed by atoms with van der Waals surface area (Å²) in [6, 6.07) is 11.0. The first-order valence-electron chi connectivity index (χ1n) is 7.19. The molecule has 1 saturated heterocycles. The van der Waals surface area contributed by atoms with Gasteiger partial charge in [-0.15, -0.1) is 0 Å². The predicted molar refractivity (Wildman–Crippen MR) is 94.9 cm³/mol. The van der Waals surface area contributed by atoms with E-state index in [0.717, 1.165) is 11.4 Å². The van der Waals surface area contributed by atoms with Crippen LogP contribution in [0.1, 0.15) is 18.4 Å². The minimum Gasteiger partial charge on any atom is -0.462 e. The molecule has 1 aromatic carbocycles. The minimum atomic E-state index is -0.0627. The van der Waals surface area contributed by atoms with Gasteiger partial charge in [0.2, 0.25) is 0 Å². The van der Waals surface area contributed by atoms with Crippen LogP contribution in [0.2, 0.25) is 5.02 Å². The van der Waals surface area contributed by atoms with Crippen LogP contribution < -0.4 is 0 Å². The zero-order chi connectivity index (χ0) is 16.4. The van der Waals surface area contributed by atoms with Gasteiger partial charge in [-0.1, -0.05) is 17.7 Å². The first-order valence-corrected chi connectivity index (χ1v) is 8.38. The van der Waals surface area contributed by atoms with Gasteiger partial charge < -0.3 is 4.42 Å². The zero-order valence-corrected chi connectivity index (χ0v) is 14.3. The molecule has 1 aromatic heterocycles. The smallest absolute Gasteiger partial charge is 0.266 e. The molecule has 0 atom stereocenters. The van der Waals surface area contributed by atoms with Gasteiger partial charge in [0.1, 0.15) is 11.5 Å². The Bertz CT molecular complexity index is 810. The molecule has 3 rings (SSSR count). The van der Waals surface area contributed by atoms with Crippen molar-refractivity contribution in [3.63, 3.8) is 0 Å². The topological polar surface area (TPSA) is 45.8 Å². The lowest BCUT2D eigenvalue weighted by molar-refractivity contribution is -0.122. The first-order chi connectivity index (χ1) is 11.1. The van der Waals surface area contributed by atoms with Crippen molar-refractivity contribution < 1.29 is 9.21 Å². The summed E-state index contributed by atoms with van der Waals surface area (Å²) in [6.07, 6.45) is 1.75. The number of aryl methyl sites for hydroxylation is 1. The highest BCUT2D eigenvalue weighted by Crippen LogP contribution is 2.34. The van der Waals surface area contributed by atoms with Gasteiger partial charge in [0.25, 0.3) is 5.91 Å². The number of halogens is 1. The summed E-state index contributed by atoms with van der Waals surface area (Å²) in [5, 5.41) is 1.26. The van der Waals surface area contributed by atoms with Gasteiger partial charge >= 0.3 is 0 Å². The SMILES string of the molecule is CCN1C(=O)/C(=C\c2ccc(C)o2)SC1=Nc1cccc(Cl)c1. The molecule has 0 bridgehead atoms. The van der Waals surface area contributed by atoms with Crippen LogP contribution in [-0.2, 0) is 4.79 Å². The second kappa shape index (κ2) is 6.64. The Morgan fingerprint density at radius 3 is 2.83 bits per heavy atom. The highest BCUT2D eigenvalue weighted by atomic mass is 35.5. The van der Waals surface area contributed by atoms with Gasteiger partial charge in [-0.05, 0) is 55.9 Å². The molecule has 1 aliphatic heterocycles. The maximum absolute atomic E-state index is 12.5. The van der Waals surface area contributed by atoms with Crippen molar-refractivity contribution in [2.75, 3.05) is 6.54 Å². The third-order valence-electron chi connectivity index (χ3n) is 3.27. The molecule has 118 valence electrons. The average Bonchev–Trinajstić information content (AvgIpc) is 3.04. The monoisotopic (exact) mass is 346 g/mol. The van der Waals surface area contributed by atoms with Crippen LogP contribution in [0, 0.1) is 6.92 Å². The summed E-state index contributed by atoms with van der Waals surface area (Å²) in [5.74, 6) is 1.42. The number of hydrogen-bond donors (Lipinski definition) is 0. The molecular formula is C17H15ClN2O2S. The maximum Gasteiger partial charge on any atom is 0.266 e. The van der Waals surface area contributed by atoms with Gasteiger partial charge in [-0.25, -0.2) is 4.99 Å². The molecule has 0 unspecified atom stereocenters. The maximum atomic E-state index is 12.5. The predicted octanol–water partition coefficient (Wildman–Crippen LogP) is 4.87. The third-order valence-corrected chi connectivity index (χ3v) is 4.51. The van der Waals surface area contributed by atoms with E-state index in [1.54, 1.807) is 23.1 Å². The summed E-state index contributed by atoms with van der Waals surface area (Å²) in [7, 11) is 0. The summed E-state index contributed by atoms with van der Waals surface area (Å²) in [4.78, 5) is 19.3. The van der Waals surface area contributed by atoms with Crippen LogP contribution in [0.4, 0.5) is 5.69 Å². The second-order valence-electron chi connectivity index (χ2n) is 4.98. The van der Waals surface area contributed by atoms with Gasteiger partial charge in [0.15, 0.2) is 5.17 Å². The number of rotatable bonds is 3. The number of nitrogens with zero attached hydrogens (tertiary/aromatic N) is 2. The lowest BCUT2D eigenvalue weighted by atomic mass is 10.3. The fourth-order valence-corrected chi connectivity index (χ4v) is 3.41. The molecule has 2 heterocycles. The van der Waals surface area contributed by atoms with E-state index in [9.17, 15) is 4.79 Å². The Kier molecular flexibility index (Phi) is 4.59. The molecule has 4 nitrogen and oxygen atoms in total. The molecule has 2 aromatic rings. The first kappa shape index (κ1) is 15.9. The van der Waals surface area contributed by atoms with E-state index in [1.165, 1.54) is 11.8 Å². The Balaban J connectivity index is 1.93. The highest BCUT2D eigenvalue weighted by Gasteiger charge is 2.32. The summed E-state index contributed by atoms with van der Waals surface area (Å²) in [6.45, 7) is 4.35. The van der Waals surface area contributed by atoms with Crippen molar-refractivity contribution in [1.29, 1.82) is 0 Å². The number of carbonyl (C=O) groups is 1. The number of benzene rings is 1. The molecule has 0 spiro atoms.